The average molecular weight is 468 g/mol. The Labute approximate surface area is 179 Å². The van der Waals surface area contributed by atoms with Gasteiger partial charge in [0.05, 0.1) is 37.7 Å². The summed E-state index contributed by atoms with van der Waals surface area (Å²) >= 11 is 0. The maximum atomic E-state index is 11.8. The lowest BCUT2D eigenvalue weighted by Gasteiger charge is -2.28. The number of carboxylic acids is 4. The first-order chi connectivity index (χ1) is 14.5. The van der Waals surface area contributed by atoms with Gasteiger partial charge in [0.15, 0.2) is 11.2 Å². The molecule has 0 aliphatic heterocycles. The zero-order valence-electron chi connectivity index (χ0n) is 16.8. The number of carboxylic acid groups (broad SMARTS) is 4. The van der Waals surface area contributed by atoms with Gasteiger partial charge in [-0.25, -0.2) is 9.59 Å². The Bertz CT molecular complexity index is 701. The van der Waals surface area contributed by atoms with Gasteiger partial charge in [-0.3, -0.25) is 19.2 Å². The number of aliphatic hydroxyl groups is 3. The van der Waals surface area contributed by atoms with E-state index in [9.17, 15) is 44.1 Å². The molecule has 0 heterocycles. The molecule has 0 rings (SSSR count). The van der Waals surface area contributed by atoms with Gasteiger partial charge in [0.1, 0.15) is 13.2 Å². The van der Waals surface area contributed by atoms with Crippen LogP contribution in [0.2, 0.25) is 0 Å². The minimum atomic E-state index is -2.95. The van der Waals surface area contributed by atoms with Gasteiger partial charge in [-0.15, -0.1) is 0 Å². The number of ether oxygens (including phenoxy) is 2. The number of hydrogen-bond donors (Lipinski definition) is 7. The highest BCUT2D eigenvalue weighted by atomic mass is 16.6. The van der Waals surface area contributed by atoms with Gasteiger partial charge in [0.2, 0.25) is 0 Å². The van der Waals surface area contributed by atoms with Crippen LogP contribution in [0.4, 0.5) is 0 Å². The molecular weight excluding hydrogens is 444 g/mol. The van der Waals surface area contributed by atoms with Crippen LogP contribution in [0.15, 0.2) is 0 Å². The molecule has 0 aliphatic rings. The van der Waals surface area contributed by atoms with Crippen molar-refractivity contribution in [3.05, 3.63) is 0 Å². The number of aliphatic hydroxyl groups excluding tert-OH is 1. The Balaban J connectivity index is 4.98. The molecule has 7 N–H and O–H groups in total. The monoisotopic (exact) mass is 468 g/mol. The first-order valence-electron chi connectivity index (χ1n) is 8.76. The Morgan fingerprint density at radius 3 is 1.19 bits per heavy atom. The molecule has 0 saturated carbocycles. The summed E-state index contributed by atoms with van der Waals surface area (Å²) in [5.74, 6) is -10.0. The standard InChI is InChI=1S/C17H24O15/c1-15(6-18,7-31-11(23)4-16(29,13(25)26)2-9(19)20)8-32-12(24)5-17(30,14(27)28)3-10(21)22/h18,29-30H,2-8H2,1H3,(H,19,20)(H,21,22)(H,25,26)(H,27,28). The van der Waals surface area contributed by atoms with Crippen molar-refractivity contribution in [3.63, 3.8) is 0 Å². The second kappa shape index (κ2) is 11.4. The van der Waals surface area contributed by atoms with Crippen LogP contribution in [0.25, 0.3) is 0 Å². The summed E-state index contributed by atoms with van der Waals surface area (Å²) in [5, 5.41) is 64.2. The molecule has 2 atom stereocenters. The number of rotatable bonds is 15. The van der Waals surface area contributed by atoms with Gasteiger partial charge in [-0.05, 0) is 0 Å². The molecule has 182 valence electrons. The molecule has 0 saturated heterocycles. The molecule has 0 amide bonds. The summed E-state index contributed by atoms with van der Waals surface area (Å²) in [5.41, 5.74) is -7.40. The molecular formula is C17H24O15. The topological polar surface area (TPSA) is 262 Å². The third-order valence-electron chi connectivity index (χ3n) is 4.10. The van der Waals surface area contributed by atoms with Crippen LogP contribution < -0.4 is 0 Å². The van der Waals surface area contributed by atoms with Crippen LogP contribution in [-0.2, 0) is 38.2 Å². The highest BCUT2D eigenvalue weighted by molar-refractivity contribution is 5.89. The fourth-order valence-corrected chi connectivity index (χ4v) is 2.15. The lowest BCUT2D eigenvalue weighted by Crippen LogP contribution is -2.44. The predicted molar refractivity (Wildman–Crippen MR) is 96.0 cm³/mol. The van der Waals surface area contributed by atoms with E-state index in [-0.39, 0.29) is 0 Å². The van der Waals surface area contributed by atoms with Gasteiger partial charge < -0.3 is 45.2 Å². The van der Waals surface area contributed by atoms with Gasteiger partial charge in [0, 0.05) is 0 Å². The smallest absolute Gasteiger partial charge is 0.336 e. The molecule has 0 radical (unpaired) electrons. The SMILES string of the molecule is CC(CO)(COC(=O)CC(O)(CC(=O)O)C(=O)O)COC(=O)CC(O)(CC(=O)O)C(=O)O. The summed E-state index contributed by atoms with van der Waals surface area (Å²) in [4.78, 5) is 67.1. The van der Waals surface area contributed by atoms with E-state index in [2.05, 4.69) is 0 Å². The summed E-state index contributed by atoms with van der Waals surface area (Å²) in [6.45, 7) is -0.938. The van der Waals surface area contributed by atoms with Crippen LogP contribution in [0.1, 0.15) is 32.6 Å². The molecule has 2 unspecified atom stereocenters. The van der Waals surface area contributed by atoms with E-state index in [0.29, 0.717) is 0 Å². The first kappa shape index (κ1) is 28.7. The van der Waals surface area contributed by atoms with Gasteiger partial charge in [0.25, 0.3) is 0 Å². The van der Waals surface area contributed by atoms with Gasteiger partial charge in [-0.1, -0.05) is 6.92 Å². The molecule has 0 aromatic heterocycles. The summed E-state index contributed by atoms with van der Waals surface area (Å²) in [7, 11) is 0. The molecule has 32 heavy (non-hydrogen) atoms. The molecule has 0 aromatic rings. The minimum absolute atomic E-state index is 0.698. The summed E-state index contributed by atoms with van der Waals surface area (Å²) < 4.78 is 9.44. The van der Waals surface area contributed by atoms with Crippen molar-refractivity contribution in [2.24, 2.45) is 5.41 Å². The van der Waals surface area contributed by atoms with E-state index in [1.165, 1.54) is 6.92 Å². The van der Waals surface area contributed by atoms with Crippen molar-refractivity contribution in [2.75, 3.05) is 19.8 Å². The molecule has 0 aromatic carbocycles. The normalized spacial score (nSPS) is 16.5. The Kier molecular flexibility index (Phi) is 10.2. The Hall–Kier alpha value is -3.30. The second-order valence-electron chi connectivity index (χ2n) is 7.46. The van der Waals surface area contributed by atoms with E-state index in [0.717, 1.165) is 0 Å². The first-order valence-corrected chi connectivity index (χ1v) is 8.76. The van der Waals surface area contributed by atoms with E-state index >= 15 is 0 Å². The third kappa shape index (κ3) is 9.23. The molecule has 0 bridgehead atoms. The number of esters is 2. The maximum Gasteiger partial charge on any atom is 0.336 e. The zero-order valence-corrected chi connectivity index (χ0v) is 16.8. The Morgan fingerprint density at radius 2 is 0.969 bits per heavy atom. The van der Waals surface area contributed by atoms with Crippen LogP contribution in [-0.4, -0.2) is 103 Å². The Morgan fingerprint density at radius 1 is 0.656 bits per heavy atom. The molecule has 15 heteroatoms. The summed E-state index contributed by atoms with van der Waals surface area (Å²) in [6.07, 6.45) is -5.07. The number of hydrogen-bond acceptors (Lipinski definition) is 11. The van der Waals surface area contributed by atoms with Crippen molar-refractivity contribution < 1.29 is 74.0 Å². The molecule has 0 aliphatic carbocycles. The van der Waals surface area contributed by atoms with Crippen LogP contribution in [0, 0.1) is 5.41 Å². The molecule has 0 fully saturated rings. The van der Waals surface area contributed by atoms with E-state index in [1.54, 1.807) is 0 Å². The molecule has 0 spiro atoms. The van der Waals surface area contributed by atoms with E-state index in [1.807, 2.05) is 0 Å². The summed E-state index contributed by atoms with van der Waals surface area (Å²) in [6, 6.07) is 0. The zero-order chi connectivity index (χ0) is 25.3. The number of carbonyl (C=O) groups excluding carboxylic acids is 2. The van der Waals surface area contributed by atoms with Crippen LogP contribution in [0.3, 0.4) is 0 Å². The van der Waals surface area contributed by atoms with E-state index in [4.69, 9.17) is 29.9 Å². The second-order valence-corrected chi connectivity index (χ2v) is 7.46. The van der Waals surface area contributed by atoms with Crippen molar-refractivity contribution in [3.8, 4) is 0 Å². The fourth-order valence-electron chi connectivity index (χ4n) is 2.15. The quantitative estimate of drug-likeness (QED) is 0.122. The average Bonchev–Trinajstić information content (AvgIpc) is 2.63. The van der Waals surface area contributed by atoms with Crippen molar-refractivity contribution in [2.45, 2.75) is 43.8 Å². The minimum Gasteiger partial charge on any atom is -0.481 e. The largest absolute Gasteiger partial charge is 0.481 e. The third-order valence-corrected chi connectivity index (χ3v) is 4.10. The molecule has 15 nitrogen and oxygen atoms in total. The lowest BCUT2D eigenvalue weighted by molar-refractivity contribution is -0.175. The van der Waals surface area contributed by atoms with Gasteiger partial charge >= 0.3 is 35.8 Å². The van der Waals surface area contributed by atoms with Crippen LogP contribution in [0.5, 0.6) is 0 Å². The number of carbonyl (C=O) groups is 6. The van der Waals surface area contributed by atoms with E-state index < -0.39 is 97.9 Å². The lowest BCUT2D eigenvalue weighted by atomic mass is 9.93. The van der Waals surface area contributed by atoms with Crippen molar-refractivity contribution >= 4 is 35.8 Å². The van der Waals surface area contributed by atoms with Crippen LogP contribution >= 0.6 is 0 Å². The maximum absolute atomic E-state index is 11.8. The van der Waals surface area contributed by atoms with Crippen molar-refractivity contribution in [1.82, 2.24) is 0 Å². The highest BCUT2D eigenvalue weighted by Crippen LogP contribution is 2.22. The van der Waals surface area contributed by atoms with Crippen molar-refractivity contribution in [1.29, 1.82) is 0 Å². The highest BCUT2D eigenvalue weighted by Gasteiger charge is 2.43. The van der Waals surface area contributed by atoms with Gasteiger partial charge in [-0.2, -0.15) is 0 Å². The number of aliphatic carboxylic acids is 4. The fraction of sp³-hybridized carbons (Fsp3) is 0.647. The predicted octanol–water partition coefficient (Wildman–Crippen LogP) is -2.57.